The summed E-state index contributed by atoms with van der Waals surface area (Å²) < 4.78 is 5.66. The van der Waals surface area contributed by atoms with E-state index in [2.05, 4.69) is 0 Å². The second kappa shape index (κ2) is 4.17. The normalized spacial score (nSPS) is 26.3. The summed E-state index contributed by atoms with van der Waals surface area (Å²) in [6.07, 6.45) is 2.21. The van der Waals surface area contributed by atoms with Crippen LogP contribution >= 0.6 is 0 Å². The summed E-state index contributed by atoms with van der Waals surface area (Å²) in [6.45, 7) is 1.12. The molecule has 2 aliphatic rings. The molecule has 2 unspecified atom stereocenters. The van der Waals surface area contributed by atoms with E-state index in [1.54, 1.807) is 11.0 Å². The minimum Gasteiger partial charge on any atom is -0.504 e. The molecule has 1 aromatic rings. The number of para-hydroxylation sites is 1. The average Bonchev–Trinajstić information content (AvgIpc) is 2.71. The van der Waals surface area contributed by atoms with E-state index in [9.17, 15) is 15.0 Å². The van der Waals surface area contributed by atoms with Crippen molar-refractivity contribution in [1.29, 1.82) is 0 Å². The van der Waals surface area contributed by atoms with Crippen molar-refractivity contribution in [1.82, 2.24) is 4.90 Å². The Morgan fingerprint density at radius 1 is 1.22 bits per heavy atom. The van der Waals surface area contributed by atoms with Crippen LogP contribution in [-0.2, 0) is 4.74 Å². The first-order chi connectivity index (χ1) is 8.65. The number of carbonyl (C=O) groups is 1. The zero-order valence-corrected chi connectivity index (χ0v) is 9.87. The lowest BCUT2D eigenvalue weighted by molar-refractivity contribution is -0.0304. The van der Waals surface area contributed by atoms with Crippen LogP contribution in [0, 0.1) is 0 Å². The molecule has 5 heteroatoms. The van der Waals surface area contributed by atoms with Gasteiger partial charge in [-0.05, 0) is 25.0 Å². The van der Waals surface area contributed by atoms with Crippen molar-refractivity contribution in [3.8, 4) is 11.5 Å². The largest absolute Gasteiger partial charge is 0.504 e. The number of nitrogens with zero attached hydrogens (tertiary/aromatic N) is 1. The van der Waals surface area contributed by atoms with Gasteiger partial charge >= 0.3 is 0 Å². The summed E-state index contributed by atoms with van der Waals surface area (Å²) in [5.41, 5.74) is 0.149. The fraction of sp³-hybridized carbons (Fsp3) is 0.462. The molecule has 2 N–H and O–H groups in total. The Kier molecular flexibility index (Phi) is 2.63. The average molecular weight is 249 g/mol. The number of rotatable bonds is 1. The number of carbonyl (C=O) groups excluding carboxylic acids is 1. The van der Waals surface area contributed by atoms with Crippen molar-refractivity contribution < 1.29 is 19.7 Å². The second-order valence-electron chi connectivity index (χ2n) is 4.84. The van der Waals surface area contributed by atoms with Gasteiger partial charge in [-0.1, -0.05) is 6.07 Å². The Bertz CT molecular complexity index is 476. The second-order valence-corrected chi connectivity index (χ2v) is 4.84. The van der Waals surface area contributed by atoms with Crippen LogP contribution in [0.5, 0.6) is 11.5 Å². The third kappa shape index (κ3) is 1.80. The van der Waals surface area contributed by atoms with E-state index < -0.39 is 0 Å². The third-order valence-corrected chi connectivity index (χ3v) is 3.58. The highest BCUT2D eigenvalue weighted by molar-refractivity contribution is 5.97. The van der Waals surface area contributed by atoms with Gasteiger partial charge in [-0.3, -0.25) is 4.79 Å². The Morgan fingerprint density at radius 2 is 1.89 bits per heavy atom. The zero-order valence-electron chi connectivity index (χ0n) is 9.87. The molecule has 5 nitrogen and oxygen atoms in total. The highest BCUT2D eigenvalue weighted by atomic mass is 16.5. The number of hydrogen-bond acceptors (Lipinski definition) is 4. The summed E-state index contributed by atoms with van der Waals surface area (Å²) in [6, 6.07) is 4.43. The standard InChI is InChI=1S/C13H15NO4/c15-11-3-1-2-10(12(11)16)13(17)14-6-8-4-5-9(7-14)18-8/h1-3,8-9,15-16H,4-7H2. The molecule has 18 heavy (non-hydrogen) atoms. The fourth-order valence-electron chi connectivity index (χ4n) is 2.65. The molecule has 96 valence electrons. The Labute approximate surface area is 105 Å². The number of morpholine rings is 1. The third-order valence-electron chi connectivity index (χ3n) is 3.58. The first-order valence-electron chi connectivity index (χ1n) is 6.11. The number of aromatic hydroxyl groups is 2. The number of amides is 1. The highest BCUT2D eigenvalue weighted by Crippen LogP contribution is 2.32. The van der Waals surface area contributed by atoms with Crippen LogP contribution in [0.2, 0.25) is 0 Å². The van der Waals surface area contributed by atoms with Gasteiger partial charge in [-0.25, -0.2) is 0 Å². The highest BCUT2D eigenvalue weighted by Gasteiger charge is 2.36. The first-order valence-corrected chi connectivity index (χ1v) is 6.11. The van der Waals surface area contributed by atoms with Crippen LogP contribution in [0.25, 0.3) is 0 Å². The molecule has 2 saturated heterocycles. The Balaban J connectivity index is 1.84. The van der Waals surface area contributed by atoms with E-state index >= 15 is 0 Å². The number of phenolic OH excluding ortho intramolecular Hbond substituents is 2. The van der Waals surface area contributed by atoms with E-state index in [1.807, 2.05) is 0 Å². The Morgan fingerprint density at radius 3 is 2.56 bits per heavy atom. The number of fused-ring (bicyclic) bond motifs is 2. The summed E-state index contributed by atoms with van der Waals surface area (Å²) in [7, 11) is 0. The van der Waals surface area contributed by atoms with Crippen molar-refractivity contribution >= 4 is 5.91 Å². The summed E-state index contributed by atoms with van der Waals surface area (Å²) in [5.74, 6) is -0.859. The van der Waals surface area contributed by atoms with Crippen molar-refractivity contribution in [2.45, 2.75) is 25.0 Å². The van der Waals surface area contributed by atoms with Gasteiger partial charge in [0.15, 0.2) is 11.5 Å². The number of hydrogen-bond donors (Lipinski definition) is 2. The molecule has 2 bridgehead atoms. The minimum absolute atomic E-state index is 0.118. The quantitative estimate of drug-likeness (QED) is 0.731. The van der Waals surface area contributed by atoms with Gasteiger partial charge in [0, 0.05) is 13.1 Å². The van der Waals surface area contributed by atoms with E-state index in [-0.39, 0.29) is 35.2 Å². The van der Waals surface area contributed by atoms with E-state index in [4.69, 9.17) is 4.74 Å². The van der Waals surface area contributed by atoms with Gasteiger partial charge in [-0.15, -0.1) is 0 Å². The maximum absolute atomic E-state index is 12.3. The fourth-order valence-corrected chi connectivity index (χ4v) is 2.65. The topological polar surface area (TPSA) is 70.0 Å². The molecule has 0 aliphatic carbocycles. The maximum Gasteiger partial charge on any atom is 0.257 e. The summed E-state index contributed by atoms with van der Waals surface area (Å²) in [5, 5.41) is 19.1. The maximum atomic E-state index is 12.3. The summed E-state index contributed by atoms with van der Waals surface area (Å²) >= 11 is 0. The van der Waals surface area contributed by atoms with Crippen LogP contribution in [0.1, 0.15) is 23.2 Å². The van der Waals surface area contributed by atoms with Crippen LogP contribution in [0.3, 0.4) is 0 Å². The molecule has 1 aromatic carbocycles. The molecule has 2 atom stereocenters. The van der Waals surface area contributed by atoms with Gasteiger partial charge in [0.2, 0.25) is 0 Å². The molecule has 2 heterocycles. The smallest absolute Gasteiger partial charge is 0.257 e. The summed E-state index contributed by atoms with van der Waals surface area (Å²) in [4.78, 5) is 14.0. The first kappa shape index (κ1) is 11.3. The predicted octanol–water partition coefficient (Wildman–Crippen LogP) is 1.10. The molecule has 2 fully saturated rings. The molecule has 0 saturated carbocycles. The zero-order chi connectivity index (χ0) is 12.7. The van der Waals surface area contributed by atoms with Crippen LogP contribution in [0.4, 0.5) is 0 Å². The lowest BCUT2D eigenvalue weighted by Crippen LogP contribution is -2.45. The molecular formula is C13H15NO4. The van der Waals surface area contributed by atoms with Gasteiger partial charge in [0.25, 0.3) is 5.91 Å². The molecular weight excluding hydrogens is 234 g/mol. The van der Waals surface area contributed by atoms with Gasteiger partial charge in [-0.2, -0.15) is 0 Å². The molecule has 0 aromatic heterocycles. The van der Waals surface area contributed by atoms with E-state index in [0.29, 0.717) is 13.1 Å². The van der Waals surface area contributed by atoms with Crippen LogP contribution in [0.15, 0.2) is 18.2 Å². The SMILES string of the molecule is O=C(c1cccc(O)c1O)N1CC2CCC(C1)O2. The molecule has 2 aliphatic heterocycles. The van der Waals surface area contributed by atoms with E-state index in [1.165, 1.54) is 12.1 Å². The number of phenols is 2. The van der Waals surface area contributed by atoms with Crippen molar-refractivity contribution in [3.63, 3.8) is 0 Å². The molecule has 1 amide bonds. The predicted molar refractivity (Wildman–Crippen MR) is 63.6 cm³/mol. The van der Waals surface area contributed by atoms with Crippen LogP contribution < -0.4 is 0 Å². The lowest BCUT2D eigenvalue weighted by atomic mass is 10.1. The van der Waals surface area contributed by atoms with Gasteiger partial charge in [0.1, 0.15) is 0 Å². The van der Waals surface area contributed by atoms with Crippen LogP contribution in [-0.4, -0.2) is 46.3 Å². The van der Waals surface area contributed by atoms with Crippen molar-refractivity contribution in [3.05, 3.63) is 23.8 Å². The van der Waals surface area contributed by atoms with Crippen molar-refractivity contribution in [2.75, 3.05) is 13.1 Å². The number of ether oxygens (including phenoxy) is 1. The van der Waals surface area contributed by atoms with E-state index in [0.717, 1.165) is 12.8 Å². The van der Waals surface area contributed by atoms with Gasteiger partial charge in [0.05, 0.1) is 17.8 Å². The number of benzene rings is 1. The molecule has 3 rings (SSSR count). The monoisotopic (exact) mass is 249 g/mol. The van der Waals surface area contributed by atoms with Gasteiger partial charge < -0.3 is 19.8 Å². The minimum atomic E-state index is -0.346. The van der Waals surface area contributed by atoms with Crippen molar-refractivity contribution in [2.24, 2.45) is 0 Å². The molecule has 0 spiro atoms. The number of likely N-dealkylation sites (tertiary alicyclic amines) is 1. The lowest BCUT2D eigenvalue weighted by Gasteiger charge is -2.32. The Hall–Kier alpha value is -1.75. The molecule has 0 radical (unpaired) electrons.